The lowest BCUT2D eigenvalue weighted by Gasteiger charge is -2.17. The Morgan fingerprint density at radius 3 is 2.52 bits per heavy atom. The van der Waals surface area contributed by atoms with Crippen LogP contribution in [0, 0.1) is 13.8 Å². The second-order valence-electron chi connectivity index (χ2n) is 5.18. The van der Waals surface area contributed by atoms with Gasteiger partial charge in [0.15, 0.2) is 5.96 Å². The molecule has 0 amide bonds. The number of likely N-dealkylation sites (N-methyl/N-ethyl adjacent to an activating group) is 1. The number of hydrogen-bond acceptors (Lipinski definition) is 2. The second-order valence-corrected chi connectivity index (χ2v) is 5.18. The number of aliphatic imine (C=N–C) groups is 1. The minimum atomic E-state index is 0. The van der Waals surface area contributed by atoms with Gasteiger partial charge in [0.1, 0.15) is 0 Å². The van der Waals surface area contributed by atoms with Crippen LogP contribution in [-0.2, 0) is 6.54 Å². The lowest BCUT2D eigenvalue weighted by atomic mass is 10.1. The molecular formula is C16H29IN4. The van der Waals surface area contributed by atoms with Crippen molar-refractivity contribution in [1.82, 2.24) is 15.5 Å². The van der Waals surface area contributed by atoms with Gasteiger partial charge in [0.25, 0.3) is 0 Å². The van der Waals surface area contributed by atoms with Crippen molar-refractivity contribution >= 4 is 29.9 Å². The summed E-state index contributed by atoms with van der Waals surface area (Å²) in [5.74, 6) is 0.856. The number of nitrogens with one attached hydrogen (secondary N) is 2. The average Bonchev–Trinajstić information content (AvgIpc) is 2.43. The maximum atomic E-state index is 4.25. The van der Waals surface area contributed by atoms with E-state index in [2.05, 4.69) is 66.5 Å². The van der Waals surface area contributed by atoms with Crippen molar-refractivity contribution in [1.29, 1.82) is 0 Å². The molecule has 1 aromatic carbocycles. The first kappa shape index (κ1) is 20.2. The summed E-state index contributed by atoms with van der Waals surface area (Å²) in [6, 6.07) is 6.54. The Hall–Kier alpha value is -0.820. The standard InChI is InChI=1S/C16H28N4.HI/c1-6-20(5)10-9-18-16(17-4)19-12-15-8-7-13(2)11-14(15)3;/h7-8,11H,6,9-10,12H2,1-5H3,(H2,17,18,19);1H. The van der Waals surface area contributed by atoms with Gasteiger partial charge in [-0.05, 0) is 38.6 Å². The molecule has 0 atom stereocenters. The number of halogens is 1. The third-order valence-corrected chi connectivity index (χ3v) is 3.49. The summed E-state index contributed by atoms with van der Waals surface area (Å²) in [6.07, 6.45) is 0. The molecule has 1 aromatic rings. The van der Waals surface area contributed by atoms with Gasteiger partial charge in [0.2, 0.25) is 0 Å². The third-order valence-electron chi connectivity index (χ3n) is 3.49. The van der Waals surface area contributed by atoms with Crippen molar-refractivity contribution in [3.05, 3.63) is 34.9 Å². The summed E-state index contributed by atoms with van der Waals surface area (Å²) >= 11 is 0. The molecule has 0 spiro atoms. The zero-order valence-electron chi connectivity index (χ0n) is 13.9. The Labute approximate surface area is 146 Å². The molecule has 0 aliphatic rings. The Balaban J connectivity index is 0.00000400. The van der Waals surface area contributed by atoms with Gasteiger partial charge in [-0.1, -0.05) is 30.7 Å². The van der Waals surface area contributed by atoms with Gasteiger partial charge in [-0.25, -0.2) is 0 Å². The predicted molar refractivity (Wildman–Crippen MR) is 103 cm³/mol. The fraction of sp³-hybridized carbons (Fsp3) is 0.562. The van der Waals surface area contributed by atoms with Gasteiger partial charge in [-0.15, -0.1) is 24.0 Å². The van der Waals surface area contributed by atoms with Crippen molar-refractivity contribution in [3.8, 4) is 0 Å². The van der Waals surface area contributed by atoms with Crippen LogP contribution in [-0.4, -0.2) is 44.6 Å². The lowest BCUT2D eigenvalue weighted by molar-refractivity contribution is 0.357. The van der Waals surface area contributed by atoms with Crippen LogP contribution < -0.4 is 10.6 Å². The molecule has 4 nitrogen and oxygen atoms in total. The van der Waals surface area contributed by atoms with Crippen molar-refractivity contribution in [2.24, 2.45) is 4.99 Å². The van der Waals surface area contributed by atoms with Gasteiger partial charge in [-0.2, -0.15) is 0 Å². The molecule has 0 fully saturated rings. The Morgan fingerprint density at radius 1 is 1.24 bits per heavy atom. The van der Waals surface area contributed by atoms with Gasteiger partial charge in [0.05, 0.1) is 0 Å². The summed E-state index contributed by atoms with van der Waals surface area (Å²) in [7, 11) is 3.92. The van der Waals surface area contributed by atoms with E-state index in [9.17, 15) is 0 Å². The van der Waals surface area contributed by atoms with Crippen LogP contribution in [0.2, 0.25) is 0 Å². The van der Waals surface area contributed by atoms with Crippen LogP contribution in [0.15, 0.2) is 23.2 Å². The molecule has 21 heavy (non-hydrogen) atoms. The zero-order chi connectivity index (χ0) is 15.0. The van der Waals surface area contributed by atoms with Gasteiger partial charge in [0, 0.05) is 26.7 Å². The maximum absolute atomic E-state index is 4.25. The van der Waals surface area contributed by atoms with Crippen LogP contribution in [0.25, 0.3) is 0 Å². The van der Waals surface area contributed by atoms with Gasteiger partial charge >= 0.3 is 0 Å². The van der Waals surface area contributed by atoms with E-state index in [0.717, 1.165) is 32.1 Å². The van der Waals surface area contributed by atoms with Crippen molar-refractivity contribution in [2.45, 2.75) is 27.3 Å². The Morgan fingerprint density at radius 2 is 1.95 bits per heavy atom. The minimum absolute atomic E-state index is 0. The van der Waals surface area contributed by atoms with E-state index in [1.165, 1.54) is 16.7 Å². The van der Waals surface area contributed by atoms with Crippen molar-refractivity contribution in [3.63, 3.8) is 0 Å². The van der Waals surface area contributed by atoms with E-state index < -0.39 is 0 Å². The maximum Gasteiger partial charge on any atom is 0.191 e. The lowest BCUT2D eigenvalue weighted by Crippen LogP contribution is -2.40. The molecule has 0 aliphatic heterocycles. The van der Waals surface area contributed by atoms with E-state index >= 15 is 0 Å². The number of rotatable bonds is 6. The number of nitrogens with zero attached hydrogens (tertiary/aromatic N) is 2. The van der Waals surface area contributed by atoms with E-state index in [-0.39, 0.29) is 24.0 Å². The van der Waals surface area contributed by atoms with E-state index in [4.69, 9.17) is 0 Å². The number of hydrogen-bond donors (Lipinski definition) is 2. The largest absolute Gasteiger partial charge is 0.355 e. The topological polar surface area (TPSA) is 39.7 Å². The molecule has 0 unspecified atom stereocenters. The highest BCUT2D eigenvalue weighted by atomic mass is 127. The molecule has 120 valence electrons. The SMILES string of the molecule is CCN(C)CCNC(=NC)NCc1ccc(C)cc1C.I. The smallest absolute Gasteiger partial charge is 0.191 e. The minimum Gasteiger partial charge on any atom is -0.355 e. The van der Waals surface area contributed by atoms with E-state index in [0.29, 0.717) is 0 Å². The summed E-state index contributed by atoms with van der Waals surface area (Å²) in [5, 5.41) is 6.69. The van der Waals surface area contributed by atoms with Crippen LogP contribution in [0.4, 0.5) is 0 Å². The van der Waals surface area contributed by atoms with E-state index in [1.54, 1.807) is 7.05 Å². The molecule has 2 N–H and O–H groups in total. The summed E-state index contributed by atoms with van der Waals surface area (Å²) < 4.78 is 0. The first-order chi connectivity index (χ1) is 9.56. The van der Waals surface area contributed by atoms with Crippen LogP contribution in [0.1, 0.15) is 23.6 Å². The van der Waals surface area contributed by atoms with Crippen molar-refractivity contribution in [2.75, 3.05) is 33.7 Å². The van der Waals surface area contributed by atoms with Crippen molar-refractivity contribution < 1.29 is 0 Å². The molecule has 0 bridgehead atoms. The molecule has 0 aliphatic carbocycles. The van der Waals surface area contributed by atoms with Crippen LogP contribution >= 0.6 is 24.0 Å². The van der Waals surface area contributed by atoms with Crippen LogP contribution in [0.3, 0.4) is 0 Å². The molecular weight excluding hydrogens is 375 g/mol. The first-order valence-electron chi connectivity index (χ1n) is 7.26. The fourth-order valence-corrected chi connectivity index (χ4v) is 1.97. The van der Waals surface area contributed by atoms with Crippen LogP contribution in [0.5, 0.6) is 0 Å². The molecule has 5 heteroatoms. The molecule has 1 rings (SSSR count). The quantitative estimate of drug-likeness (QED) is 0.435. The number of guanidine groups is 1. The molecule has 0 radical (unpaired) electrons. The zero-order valence-corrected chi connectivity index (χ0v) is 16.2. The highest BCUT2D eigenvalue weighted by Gasteiger charge is 2.01. The average molecular weight is 404 g/mol. The summed E-state index contributed by atoms with van der Waals surface area (Å²) in [4.78, 5) is 6.52. The predicted octanol–water partition coefficient (Wildman–Crippen LogP) is 2.54. The monoisotopic (exact) mass is 404 g/mol. The highest BCUT2D eigenvalue weighted by molar-refractivity contribution is 14.0. The Kier molecular flexibility index (Phi) is 10.4. The molecule has 0 saturated carbocycles. The number of benzene rings is 1. The number of aryl methyl sites for hydroxylation is 2. The van der Waals surface area contributed by atoms with Gasteiger partial charge < -0.3 is 15.5 Å². The molecule has 0 aromatic heterocycles. The Bertz CT molecular complexity index is 446. The molecule has 0 saturated heterocycles. The molecule has 0 heterocycles. The highest BCUT2D eigenvalue weighted by Crippen LogP contribution is 2.09. The van der Waals surface area contributed by atoms with Gasteiger partial charge in [-0.3, -0.25) is 4.99 Å². The first-order valence-corrected chi connectivity index (χ1v) is 7.26. The fourth-order valence-electron chi connectivity index (χ4n) is 1.97. The second kappa shape index (κ2) is 10.8. The summed E-state index contributed by atoms with van der Waals surface area (Å²) in [6.45, 7) is 10.2. The van der Waals surface area contributed by atoms with E-state index in [1.807, 2.05) is 0 Å². The normalized spacial score (nSPS) is 11.2. The summed E-state index contributed by atoms with van der Waals surface area (Å²) in [5.41, 5.74) is 3.93. The third kappa shape index (κ3) is 7.66.